The van der Waals surface area contributed by atoms with Gasteiger partial charge in [-0.25, -0.2) is 4.98 Å². The van der Waals surface area contributed by atoms with Crippen LogP contribution in [0, 0.1) is 6.92 Å². The van der Waals surface area contributed by atoms with Gasteiger partial charge in [0.1, 0.15) is 4.88 Å². The summed E-state index contributed by atoms with van der Waals surface area (Å²) in [5, 5.41) is 11.2. The Balaban J connectivity index is 1.43. The molecule has 1 saturated carbocycles. The molecular weight excluding hydrogens is 384 g/mol. The normalized spacial score (nSPS) is 13.4. The van der Waals surface area contributed by atoms with Crippen LogP contribution in [0.4, 0.5) is 5.69 Å². The van der Waals surface area contributed by atoms with Crippen LogP contribution in [0.15, 0.2) is 55.0 Å². The maximum absolute atomic E-state index is 13.0. The lowest BCUT2D eigenvalue weighted by Crippen LogP contribution is -2.13. The van der Waals surface area contributed by atoms with Crippen LogP contribution in [-0.4, -0.2) is 30.3 Å². The summed E-state index contributed by atoms with van der Waals surface area (Å²) in [6.07, 6.45) is 7.03. The SMILES string of the molecule is Cc1cc(NC(=O)c2snc(-c3ccccc3)c2C2CC2)cnc1-n1nccn1. The molecule has 0 bridgehead atoms. The zero-order chi connectivity index (χ0) is 19.8. The second-order valence-corrected chi connectivity index (χ2v) is 7.82. The maximum Gasteiger partial charge on any atom is 0.267 e. The van der Waals surface area contributed by atoms with Gasteiger partial charge in [-0.15, -0.1) is 4.80 Å². The van der Waals surface area contributed by atoms with E-state index < -0.39 is 0 Å². The zero-order valence-corrected chi connectivity index (χ0v) is 16.6. The molecule has 29 heavy (non-hydrogen) atoms. The molecule has 0 radical (unpaired) electrons. The van der Waals surface area contributed by atoms with Crippen LogP contribution in [-0.2, 0) is 0 Å². The molecule has 1 aliphatic carbocycles. The summed E-state index contributed by atoms with van der Waals surface area (Å²) in [6, 6.07) is 11.9. The number of carbonyl (C=O) groups is 1. The van der Waals surface area contributed by atoms with Gasteiger partial charge in [0.25, 0.3) is 5.91 Å². The van der Waals surface area contributed by atoms with Crippen molar-refractivity contribution in [2.45, 2.75) is 25.7 Å². The van der Waals surface area contributed by atoms with Gasteiger partial charge in [0.05, 0.1) is 30.0 Å². The molecule has 1 aliphatic rings. The summed E-state index contributed by atoms with van der Waals surface area (Å²) < 4.78 is 4.62. The number of aromatic nitrogens is 5. The van der Waals surface area contributed by atoms with Gasteiger partial charge in [-0.1, -0.05) is 30.3 Å². The van der Waals surface area contributed by atoms with E-state index in [1.807, 2.05) is 43.3 Å². The Bertz CT molecular complexity index is 1170. The monoisotopic (exact) mass is 402 g/mol. The minimum absolute atomic E-state index is 0.141. The smallest absolute Gasteiger partial charge is 0.267 e. The van der Waals surface area contributed by atoms with Gasteiger partial charge < -0.3 is 5.32 Å². The molecule has 0 atom stereocenters. The summed E-state index contributed by atoms with van der Waals surface area (Å²) in [4.78, 5) is 19.6. The van der Waals surface area contributed by atoms with Gasteiger partial charge in [0, 0.05) is 11.1 Å². The number of nitrogens with one attached hydrogen (secondary N) is 1. The Morgan fingerprint density at radius 1 is 1.17 bits per heavy atom. The van der Waals surface area contributed by atoms with Gasteiger partial charge in [0.15, 0.2) is 5.82 Å². The molecule has 7 nitrogen and oxygen atoms in total. The predicted molar refractivity (Wildman–Crippen MR) is 111 cm³/mol. The molecule has 3 aromatic heterocycles. The highest BCUT2D eigenvalue weighted by atomic mass is 32.1. The van der Waals surface area contributed by atoms with E-state index >= 15 is 0 Å². The van der Waals surface area contributed by atoms with Crippen molar-refractivity contribution < 1.29 is 4.79 Å². The van der Waals surface area contributed by atoms with Gasteiger partial charge in [-0.2, -0.15) is 14.6 Å². The van der Waals surface area contributed by atoms with E-state index in [1.54, 1.807) is 18.6 Å². The average molecular weight is 402 g/mol. The lowest BCUT2D eigenvalue weighted by Gasteiger charge is -2.09. The Kier molecular flexibility index (Phi) is 4.40. The molecule has 0 aliphatic heterocycles. The standard InChI is InChI=1S/C21H18N6OS/c1-13-11-16(12-22-20(13)27-23-9-10-24-27)25-21(28)19-17(14-7-8-14)18(26-29-19)15-5-3-2-4-6-15/h2-6,9-12,14H,7-8H2,1H3,(H,25,28). The van der Waals surface area contributed by atoms with Crippen molar-refractivity contribution in [3.63, 3.8) is 0 Å². The molecule has 144 valence electrons. The van der Waals surface area contributed by atoms with Gasteiger partial charge in [0.2, 0.25) is 0 Å². The summed E-state index contributed by atoms with van der Waals surface area (Å²) >= 11 is 1.27. The van der Waals surface area contributed by atoms with Gasteiger partial charge in [-0.05, 0) is 48.8 Å². The number of carbonyl (C=O) groups excluding carboxylic acids is 1. The maximum atomic E-state index is 13.0. The number of hydrogen-bond donors (Lipinski definition) is 1. The minimum Gasteiger partial charge on any atom is -0.320 e. The van der Waals surface area contributed by atoms with E-state index in [9.17, 15) is 4.79 Å². The molecule has 8 heteroatoms. The fourth-order valence-electron chi connectivity index (χ4n) is 3.37. The van der Waals surface area contributed by atoms with Crippen LogP contribution < -0.4 is 5.32 Å². The molecule has 0 unspecified atom stereocenters. The molecule has 4 aromatic rings. The summed E-state index contributed by atoms with van der Waals surface area (Å²) in [5.41, 5.74) is 4.56. The summed E-state index contributed by atoms with van der Waals surface area (Å²) in [7, 11) is 0. The van der Waals surface area contributed by atoms with E-state index in [-0.39, 0.29) is 5.91 Å². The average Bonchev–Trinajstić information content (AvgIpc) is 3.25. The van der Waals surface area contributed by atoms with E-state index in [0.29, 0.717) is 22.3 Å². The number of benzene rings is 1. The van der Waals surface area contributed by atoms with Crippen LogP contribution in [0.2, 0.25) is 0 Å². The molecule has 1 N–H and O–H groups in total. The summed E-state index contributed by atoms with van der Waals surface area (Å²) in [5.74, 6) is 0.909. The quantitative estimate of drug-likeness (QED) is 0.540. The van der Waals surface area contributed by atoms with Crippen molar-refractivity contribution in [1.82, 2.24) is 24.4 Å². The minimum atomic E-state index is -0.141. The highest BCUT2D eigenvalue weighted by Gasteiger charge is 2.33. The van der Waals surface area contributed by atoms with Crippen LogP contribution in [0.1, 0.15) is 39.6 Å². The fraction of sp³-hybridized carbons (Fsp3) is 0.190. The van der Waals surface area contributed by atoms with Crippen molar-refractivity contribution in [1.29, 1.82) is 0 Å². The van der Waals surface area contributed by atoms with Crippen molar-refractivity contribution in [3.05, 3.63) is 71.0 Å². The topological polar surface area (TPSA) is 85.6 Å². The van der Waals surface area contributed by atoms with Crippen molar-refractivity contribution in [2.24, 2.45) is 0 Å². The van der Waals surface area contributed by atoms with Crippen LogP contribution >= 0.6 is 11.5 Å². The lowest BCUT2D eigenvalue weighted by atomic mass is 10.0. The van der Waals surface area contributed by atoms with E-state index in [1.165, 1.54) is 16.3 Å². The van der Waals surface area contributed by atoms with E-state index in [4.69, 9.17) is 0 Å². The molecule has 1 aromatic carbocycles. The number of hydrogen-bond acceptors (Lipinski definition) is 6. The first kappa shape index (κ1) is 17.7. The number of pyridine rings is 1. The van der Waals surface area contributed by atoms with E-state index in [2.05, 4.69) is 24.9 Å². The Labute approximate surface area is 171 Å². The van der Waals surface area contributed by atoms with E-state index in [0.717, 1.165) is 35.2 Å². The molecule has 1 fully saturated rings. The predicted octanol–water partition coefficient (Wildman–Crippen LogP) is 4.22. The number of rotatable bonds is 5. The fourth-order valence-corrected chi connectivity index (χ4v) is 4.26. The number of amides is 1. The molecule has 0 saturated heterocycles. The molecule has 0 spiro atoms. The van der Waals surface area contributed by atoms with Crippen molar-refractivity contribution in [2.75, 3.05) is 5.32 Å². The largest absolute Gasteiger partial charge is 0.320 e. The third kappa shape index (κ3) is 3.42. The second kappa shape index (κ2) is 7.21. The highest BCUT2D eigenvalue weighted by molar-refractivity contribution is 7.08. The first-order chi connectivity index (χ1) is 14.2. The second-order valence-electron chi connectivity index (χ2n) is 7.05. The van der Waals surface area contributed by atoms with Gasteiger partial charge >= 0.3 is 0 Å². The lowest BCUT2D eigenvalue weighted by molar-refractivity contribution is 0.102. The molecule has 1 amide bonds. The Morgan fingerprint density at radius 2 is 1.93 bits per heavy atom. The number of anilines is 1. The number of aryl methyl sites for hydroxylation is 1. The third-order valence-corrected chi connectivity index (χ3v) is 5.75. The van der Waals surface area contributed by atoms with Crippen LogP contribution in [0.3, 0.4) is 0 Å². The Hall–Kier alpha value is -3.39. The first-order valence-corrected chi connectivity index (χ1v) is 10.2. The summed E-state index contributed by atoms with van der Waals surface area (Å²) in [6.45, 7) is 1.91. The third-order valence-electron chi connectivity index (χ3n) is 4.88. The highest BCUT2D eigenvalue weighted by Crippen LogP contribution is 2.47. The first-order valence-electron chi connectivity index (χ1n) is 9.40. The zero-order valence-electron chi connectivity index (χ0n) is 15.7. The molecule has 3 heterocycles. The van der Waals surface area contributed by atoms with Crippen molar-refractivity contribution >= 4 is 23.1 Å². The molecule has 5 rings (SSSR count). The van der Waals surface area contributed by atoms with Crippen LogP contribution in [0.5, 0.6) is 0 Å². The Morgan fingerprint density at radius 3 is 2.62 bits per heavy atom. The van der Waals surface area contributed by atoms with Crippen LogP contribution in [0.25, 0.3) is 17.1 Å². The van der Waals surface area contributed by atoms with Gasteiger partial charge in [-0.3, -0.25) is 4.79 Å². The molecular formula is C21H18N6OS. The number of nitrogens with zero attached hydrogens (tertiary/aromatic N) is 5. The van der Waals surface area contributed by atoms with Crippen molar-refractivity contribution in [3.8, 4) is 17.1 Å².